The second-order valence-corrected chi connectivity index (χ2v) is 10.6. The number of thioether (sulfide) groups is 1. The van der Waals surface area contributed by atoms with Crippen LogP contribution in [-0.2, 0) is 21.2 Å². The number of hydrogen-bond donors (Lipinski definition) is 1. The lowest BCUT2D eigenvalue weighted by Crippen LogP contribution is -2.32. The van der Waals surface area contributed by atoms with Crippen molar-refractivity contribution in [3.8, 4) is 0 Å². The van der Waals surface area contributed by atoms with Gasteiger partial charge in [-0.15, -0.1) is 0 Å². The summed E-state index contributed by atoms with van der Waals surface area (Å²) >= 11 is 1.58. The maximum atomic E-state index is 12.8. The third-order valence-corrected chi connectivity index (χ3v) is 8.52. The molecule has 3 aliphatic rings. The van der Waals surface area contributed by atoms with Crippen molar-refractivity contribution in [1.82, 2.24) is 14.5 Å². The number of benzene rings is 1. The molecule has 9 heteroatoms. The highest BCUT2D eigenvalue weighted by Crippen LogP contribution is 2.30. The fraction of sp³-hybridized carbons (Fsp3) is 0.524. The van der Waals surface area contributed by atoms with E-state index in [1.165, 1.54) is 0 Å². The normalized spacial score (nSPS) is 19.8. The van der Waals surface area contributed by atoms with Gasteiger partial charge in [-0.25, -0.2) is 8.42 Å². The summed E-state index contributed by atoms with van der Waals surface area (Å²) in [5.74, 6) is -0.00429. The first-order valence-electron chi connectivity index (χ1n) is 10.6. The Bertz CT molecular complexity index is 934. The van der Waals surface area contributed by atoms with Gasteiger partial charge in [0.05, 0.1) is 17.9 Å². The van der Waals surface area contributed by atoms with E-state index in [0.717, 1.165) is 55.2 Å². The van der Waals surface area contributed by atoms with E-state index in [-0.39, 0.29) is 5.91 Å². The van der Waals surface area contributed by atoms with Crippen LogP contribution in [0, 0.1) is 0 Å². The minimum atomic E-state index is -3.42. The SMILES string of the molecule is O=C(CC1=CSC2=NCCN12)NCCc1ccc(S(=O)(=O)N2CCCCCC2)cc1. The Labute approximate surface area is 182 Å². The zero-order valence-corrected chi connectivity index (χ0v) is 18.7. The largest absolute Gasteiger partial charge is 0.355 e. The van der Waals surface area contributed by atoms with Gasteiger partial charge in [-0.3, -0.25) is 9.79 Å². The molecule has 30 heavy (non-hydrogen) atoms. The molecule has 3 aliphatic heterocycles. The molecule has 0 aliphatic carbocycles. The standard InChI is InChI=1S/C21H28N4O3S2/c26-20(15-18-16-29-21-23-11-14-25(18)21)22-10-9-17-5-7-19(8-6-17)30(27,28)24-12-3-1-2-4-13-24/h5-8,16H,1-4,9-15H2,(H,22,26). The summed E-state index contributed by atoms with van der Waals surface area (Å²) in [4.78, 5) is 19.1. The molecule has 1 fully saturated rings. The maximum absolute atomic E-state index is 12.8. The van der Waals surface area contributed by atoms with Crippen molar-refractivity contribution in [2.75, 3.05) is 32.7 Å². The van der Waals surface area contributed by atoms with Crippen molar-refractivity contribution in [3.05, 3.63) is 40.9 Å². The van der Waals surface area contributed by atoms with Crippen molar-refractivity contribution in [1.29, 1.82) is 0 Å². The highest BCUT2D eigenvalue weighted by atomic mass is 32.2. The molecule has 4 rings (SSSR count). The van der Waals surface area contributed by atoms with Crippen molar-refractivity contribution >= 4 is 32.9 Å². The van der Waals surface area contributed by atoms with Gasteiger partial charge in [-0.05, 0) is 42.4 Å². The molecule has 7 nitrogen and oxygen atoms in total. The van der Waals surface area contributed by atoms with Gasteiger partial charge in [0.2, 0.25) is 15.9 Å². The van der Waals surface area contributed by atoms with Crippen molar-refractivity contribution in [2.24, 2.45) is 4.99 Å². The Hall–Kier alpha value is -1.84. The van der Waals surface area contributed by atoms with E-state index in [4.69, 9.17) is 0 Å². The number of carbonyl (C=O) groups is 1. The van der Waals surface area contributed by atoms with Crippen LogP contribution in [0.5, 0.6) is 0 Å². The van der Waals surface area contributed by atoms with E-state index >= 15 is 0 Å². The predicted molar refractivity (Wildman–Crippen MR) is 120 cm³/mol. The molecular weight excluding hydrogens is 420 g/mol. The fourth-order valence-corrected chi connectivity index (χ4v) is 6.42. The van der Waals surface area contributed by atoms with E-state index in [1.54, 1.807) is 28.2 Å². The number of carbonyl (C=O) groups excluding carboxylic acids is 1. The minimum Gasteiger partial charge on any atom is -0.355 e. The summed E-state index contributed by atoms with van der Waals surface area (Å²) in [6.45, 7) is 3.39. The number of fused-ring (bicyclic) bond motifs is 1. The van der Waals surface area contributed by atoms with E-state index in [2.05, 4.69) is 15.2 Å². The highest BCUT2D eigenvalue weighted by molar-refractivity contribution is 8.16. The molecule has 1 amide bonds. The molecule has 162 valence electrons. The van der Waals surface area contributed by atoms with Crippen LogP contribution in [0.15, 0.2) is 45.3 Å². The highest BCUT2D eigenvalue weighted by Gasteiger charge is 2.27. The Morgan fingerprint density at radius 1 is 1.07 bits per heavy atom. The molecule has 0 aromatic heterocycles. The minimum absolute atomic E-state index is 0.00429. The first-order valence-corrected chi connectivity index (χ1v) is 12.9. The zero-order chi connectivity index (χ0) is 21.0. The molecule has 3 heterocycles. The molecule has 0 radical (unpaired) electrons. The van der Waals surface area contributed by atoms with Crippen molar-refractivity contribution in [2.45, 2.75) is 43.4 Å². The van der Waals surface area contributed by atoms with Crippen LogP contribution in [0.25, 0.3) is 0 Å². The summed E-state index contributed by atoms with van der Waals surface area (Å²) in [6, 6.07) is 7.07. The average Bonchev–Trinajstić information content (AvgIpc) is 3.23. The van der Waals surface area contributed by atoms with E-state index < -0.39 is 10.0 Å². The van der Waals surface area contributed by atoms with Gasteiger partial charge in [-0.1, -0.05) is 36.7 Å². The van der Waals surface area contributed by atoms with Crippen LogP contribution in [0.3, 0.4) is 0 Å². The van der Waals surface area contributed by atoms with Crippen LogP contribution in [0.2, 0.25) is 0 Å². The Morgan fingerprint density at radius 2 is 1.80 bits per heavy atom. The first kappa shape index (κ1) is 21.4. The van der Waals surface area contributed by atoms with Gasteiger partial charge in [0.25, 0.3) is 0 Å². The third-order valence-electron chi connectivity index (χ3n) is 5.65. The number of amides is 1. The van der Waals surface area contributed by atoms with Gasteiger partial charge < -0.3 is 10.2 Å². The quantitative estimate of drug-likeness (QED) is 0.693. The van der Waals surface area contributed by atoms with Crippen LogP contribution >= 0.6 is 11.8 Å². The molecule has 0 saturated carbocycles. The third kappa shape index (κ3) is 4.90. The molecule has 0 bridgehead atoms. The van der Waals surface area contributed by atoms with Crippen LogP contribution in [0.1, 0.15) is 37.7 Å². The average molecular weight is 449 g/mol. The molecule has 0 spiro atoms. The number of aliphatic imine (C=N–C) groups is 1. The van der Waals surface area contributed by atoms with E-state index in [1.807, 2.05) is 17.5 Å². The molecule has 0 unspecified atom stereocenters. The lowest BCUT2D eigenvalue weighted by molar-refractivity contribution is -0.120. The lowest BCUT2D eigenvalue weighted by atomic mass is 10.1. The smallest absolute Gasteiger partial charge is 0.243 e. The molecule has 1 saturated heterocycles. The van der Waals surface area contributed by atoms with Crippen LogP contribution in [-0.4, -0.2) is 61.4 Å². The summed E-state index contributed by atoms with van der Waals surface area (Å²) < 4.78 is 27.3. The summed E-state index contributed by atoms with van der Waals surface area (Å²) in [5.41, 5.74) is 2.02. The number of nitrogens with zero attached hydrogens (tertiary/aromatic N) is 3. The van der Waals surface area contributed by atoms with E-state index in [9.17, 15) is 13.2 Å². The Morgan fingerprint density at radius 3 is 2.53 bits per heavy atom. The summed E-state index contributed by atoms with van der Waals surface area (Å²) in [7, 11) is -3.42. The molecule has 1 N–H and O–H groups in total. The number of rotatable bonds is 7. The molecular formula is C21H28N4O3S2. The van der Waals surface area contributed by atoms with Gasteiger partial charge >= 0.3 is 0 Å². The fourth-order valence-electron chi connectivity index (χ4n) is 3.95. The maximum Gasteiger partial charge on any atom is 0.243 e. The number of hydrogen-bond acceptors (Lipinski definition) is 6. The number of nitrogens with one attached hydrogen (secondary N) is 1. The van der Waals surface area contributed by atoms with Gasteiger partial charge in [0, 0.05) is 31.9 Å². The van der Waals surface area contributed by atoms with Gasteiger partial charge in [0.1, 0.15) is 0 Å². The predicted octanol–water partition coefficient (Wildman–Crippen LogP) is 2.56. The lowest BCUT2D eigenvalue weighted by Gasteiger charge is -2.20. The monoisotopic (exact) mass is 448 g/mol. The molecule has 0 atom stereocenters. The molecule has 1 aromatic carbocycles. The number of amidine groups is 1. The van der Waals surface area contributed by atoms with Gasteiger partial charge in [-0.2, -0.15) is 4.31 Å². The Balaban J connectivity index is 1.25. The van der Waals surface area contributed by atoms with Crippen LogP contribution < -0.4 is 5.32 Å². The van der Waals surface area contributed by atoms with Crippen molar-refractivity contribution < 1.29 is 13.2 Å². The summed E-state index contributed by atoms with van der Waals surface area (Å²) in [5, 5.41) is 5.95. The number of sulfonamides is 1. The molecule has 1 aromatic rings. The second kappa shape index (κ2) is 9.53. The topological polar surface area (TPSA) is 82.1 Å². The Kier molecular flexibility index (Phi) is 6.80. The van der Waals surface area contributed by atoms with Crippen molar-refractivity contribution in [3.63, 3.8) is 0 Å². The van der Waals surface area contributed by atoms with E-state index in [0.29, 0.717) is 37.4 Å². The van der Waals surface area contributed by atoms with Crippen LogP contribution in [0.4, 0.5) is 0 Å². The summed E-state index contributed by atoms with van der Waals surface area (Å²) in [6.07, 6.45) is 5.08. The second-order valence-electron chi connectivity index (χ2n) is 7.78. The zero-order valence-electron chi connectivity index (χ0n) is 17.0. The van der Waals surface area contributed by atoms with Gasteiger partial charge in [0.15, 0.2) is 5.17 Å². The first-order chi connectivity index (χ1) is 14.5.